The number of rotatable bonds is 5. The predicted octanol–water partition coefficient (Wildman–Crippen LogP) is 1.11. The zero-order valence-corrected chi connectivity index (χ0v) is 9.87. The van der Waals surface area contributed by atoms with E-state index in [2.05, 4.69) is 5.32 Å². The van der Waals surface area contributed by atoms with Crippen LogP contribution in [0.5, 0.6) is 0 Å². The van der Waals surface area contributed by atoms with Gasteiger partial charge in [-0.25, -0.2) is 0 Å². The molecule has 0 radical (unpaired) electrons. The van der Waals surface area contributed by atoms with Crippen molar-refractivity contribution in [3.8, 4) is 0 Å². The molecule has 0 fully saturated rings. The molecule has 6 nitrogen and oxygen atoms in total. The Morgan fingerprint density at radius 3 is 2.94 bits per heavy atom. The highest BCUT2D eigenvalue weighted by Gasteiger charge is 2.05. The van der Waals surface area contributed by atoms with Crippen LogP contribution >= 0.6 is 0 Å². The van der Waals surface area contributed by atoms with E-state index in [0.717, 1.165) is 0 Å². The van der Waals surface area contributed by atoms with Crippen molar-refractivity contribution in [2.24, 2.45) is 0 Å². The second-order valence-electron chi connectivity index (χ2n) is 3.78. The lowest BCUT2D eigenvalue weighted by Crippen LogP contribution is -2.33. The lowest BCUT2D eigenvalue weighted by molar-refractivity contribution is -0.384. The Morgan fingerprint density at radius 1 is 1.61 bits per heavy atom. The number of carbonyl (C=O) groups is 1. The molecular formula is C12H14N2O4. The highest BCUT2D eigenvalue weighted by Crippen LogP contribution is 2.13. The maximum absolute atomic E-state index is 11.4. The minimum absolute atomic E-state index is 0.0266. The zero-order chi connectivity index (χ0) is 13.5. The van der Waals surface area contributed by atoms with Crippen LogP contribution in [0.1, 0.15) is 12.5 Å². The van der Waals surface area contributed by atoms with Crippen molar-refractivity contribution in [1.29, 1.82) is 0 Å². The summed E-state index contributed by atoms with van der Waals surface area (Å²) in [5.74, 6) is -0.358. The first-order valence-corrected chi connectivity index (χ1v) is 5.37. The lowest BCUT2D eigenvalue weighted by atomic mass is 10.2. The van der Waals surface area contributed by atoms with Crippen molar-refractivity contribution < 1.29 is 14.8 Å². The van der Waals surface area contributed by atoms with Gasteiger partial charge in [0.15, 0.2) is 0 Å². The minimum Gasteiger partial charge on any atom is -0.394 e. The third-order valence-corrected chi connectivity index (χ3v) is 2.17. The molecule has 1 aromatic rings. The molecule has 1 amide bonds. The molecule has 0 spiro atoms. The highest BCUT2D eigenvalue weighted by atomic mass is 16.6. The number of nitrogens with one attached hydrogen (secondary N) is 1. The number of nitro benzene ring substituents is 1. The molecule has 96 valence electrons. The van der Waals surface area contributed by atoms with E-state index in [1.165, 1.54) is 24.3 Å². The Kier molecular flexibility index (Phi) is 5.01. The second-order valence-corrected chi connectivity index (χ2v) is 3.78. The van der Waals surface area contributed by atoms with E-state index in [9.17, 15) is 14.9 Å². The van der Waals surface area contributed by atoms with E-state index in [1.807, 2.05) is 0 Å². The molecule has 1 aromatic carbocycles. The van der Waals surface area contributed by atoms with Crippen molar-refractivity contribution in [3.05, 3.63) is 46.0 Å². The third-order valence-electron chi connectivity index (χ3n) is 2.17. The molecular weight excluding hydrogens is 236 g/mol. The van der Waals surface area contributed by atoms with Crippen LogP contribution in [0.4, 0.5) is 5.69 Å². The Labute approximate surface area is 104 Å². The Balaban J connectivity index is 2.69. The minimum atomic E-state index is -0.495. The van der Waals surface area contributed by atoms with Crippen molar-refractivity contribution in [2.75, 3.05) is 6.61 Å². The average molecular weight is 250 g/mol. The van der Waals surface area contributed by atoms with Crippen LogP contribution in [0.25, 0.3) is 6.08 Å². The SMILES string of the molecule is C[C@H](CO)NC(=O)C=Cc1cccc([N+](=O)[O-])c1. The summed E-state index contributed by atoms with van der Waals surface area (Å²) in [5, 5.41) is 21.8. The molecule has 2 N–H and O–H groups in total. The number of carbonyl (C=O) groups excluding carboxylic acids is 1. The van der Waals surface area contributed by atoms with E-state index >= 15 is 0 Å². The Bertz CT molecular complexity index is 471. The van der Waals surface area contributed by atoms with E-state index in [-0.39, 0.29) is 24.2 Å². The fourth-order valence-corrected chi connectivity index (χ4v) is 1.25. The highest BCUT2D eigenvalue weighted by molar-refractivity contribution is 5.91. The monoisotopic (exact) mass is 250 g/mol. The predicted molar refractivity (Wildman–Crippen MR) is 66.8 cm³/mol. The van der Waals surface area contributed by atoms with Crippen LogP contribution in [0.3, 0.4) is 0 Å². The number of benzene rings is 1. The fourth-order valence-electron chi connectivity index (χ4n) is 1.25. The molecule has 1 atom stereocenters. The fraction of sp³-hybridized carbons (Fsp3) is 0.250. The maximum atomic E-state index is 11.4. The molecule has 6 heteroatoms. The summed E-state index contributed by atoms with van der Waals surface area (Å²) < 4.78 is 0. The van der Waals surface area contributed by atoms with E-state index < -0.39 is 4.92 Å². The van der Waals surface area contributed by atoms with Crippen molar-refractivity contribution >= 4 is 17.7 Å². The molecule has 0 aliphatic rings. The van der Waals surface area contributed by atoms with Crippen LogP contribution < -0.4 is 5.32 Å². The summed E-state index contributed by atoms with van der Waals surface area (Å²) in [5.41, 5.74) is 0.539. The number of non-ortho nitro benzene ring substituents is 1. The molecule has 0 saturated carbocycles. The second kappa shape index (κ2) is 6.51. The van der Waals surface area contributed by atoms with Gasteiger partial charge in [-0.3, -0.25) is 14.9 Å². The van der Waals surface area contributed by atoms with Crippen LogP contribution in [0, 0.1) is 10.1 Å². The Hall–Kier alpha value is -2.21. The number of amides is 1. The third kappa shape index (κ3) is 4.34. The van der Waals surface area contributed by atoms with E-state index in [0.29, 0.717) is 5.56 Å². The number of hydrogen-bond donors (Lipinski definition) is 2. The van der Waals surface area contributed by atoms with Crippen molar-refractivity contribution in [3.63, 3.8) is 0 Å². The number of nitrogens with zero attached hydrogens (tertiary/aromatic N) is 1. The van der Waals surface area contributed by atoms with Gasteiger partial charge in [-0.1, -0.05) is 12.1 Å². The van der Waals surface area contributed by atoms with Crippen molar-refractivity contribution in [2.45, 2.75) is 13.0 Å². The van der Waals surface area contributed by atoms with Gasteiger partial charge in [0.1, 0.15) is 0 Å². The summed E-state index contributed by atoms with van der Waals surface area (Å²) in [4.78, 5) is 21.4. The first kappa shape index (κ1) is 13.9. The van der Waals surface area contributed by atoms with Gasteiger partial charge in [0.2, 0.25) is 5.91 Å². The average Bonchev–Trinajstić information content (AvgIpc) is 2.36. The summed E-state index contributed by atoms with van der Waals surface area (Å²) in [7, 11) is 0. The van der Waals surface area contributed by atoms with Crippen LogP contribution in [-0.4, -0.2) is 28.6 Å². The standard InChI is InChI=1S/C12H14N2O4/c1-9(8-15)13-12(16)6-5-10-3-2-4-11(7-10)14(17)18/h2-7,9,15H,8H2,1H3,(H,13,16)/t9-/m1/s1. The van der Waals surface area contributed by atoms with Gasteiger partial charge in [0.05, 0.1) is 11.5 Å². The van der Waals surface area contributed by atoms with Gasteiger partial charge < -0.3 is 10.4 Å². The normalized spacial score (nSPS) is 12.3. The summed E-state index contributed by atoms with van der Waals surface area (Å²) >= 11 is 0. The molecule has 0 bridgehead atoms. The first-order valence-electron chi connectivity index (χ1n) is 5.37. The van der Waals surface area contributed by atoms with Gasteiger partial charge in [-0.05, 0) is 18.6 Å². The number of nitro groups is 1. The zero-order valence-electron chi connectivity index (χ0n) is 9.87. The molecule has 0 saturated heterocycles. The molecule has 18 heavy (non-hydrogen) atoms. The smallest absolute Gasteiger partial charge is 0.270 e. The van der Waals surface area contributed by atoms with Gasteiger partial charge in [0, 0.05) is 24.3 Å². The van der Waals surface area contributed by atoms with E-state index in [1.54, 1.807) is 19.1 Å². The number of aliphatic hydroxyl groups is 1. The van der Waals surface area contributed by atoms with Gasteiger partial charge in [-0.15, -0.1) is 0 Å². The molecule has 0 unspecified atom stereocenters. The number of hydrogen-bond acceptors (Lipinski definition) is 4. The largest absolute Gasteiger partial charge is 0.394 e. The molecule has 0 aliphatic heterocycles. The van der Waals surface area contributed by atoms with E-state index in [4.69, 9.17) is 5.11 Å². The molecule has 1 rings (SSSR count). The van der Waals surface area contributed by atoms with Gasteiger partial charge in [0.25, 0.3) is 5.69 Å². The molecule has 0 heterocycles. The topological polar surface area (TPSA) is 92.5 Å². The maximum Gasteiger partial charge on any atom is 0.270 e. The first-order chi connectivity index (χ1) is 8.52. The van der Waals surface area contributed by atoms with Crippen LogP contribution in [0.15, 0.2) is 30.3 Å². The summed E-state index contributed by atoms with van der Waals surface area (Å²) in [6.07, 6.45) is 2.75. The Morgan fingerprint density at radius 2 is 2.33 bits per heavy atom. The molecule has 0 aromatic heterocycles. The summed E-state index contributed by atoms with van der Waals surface area (Å²) in [6.45, 7) is 1.52. The van der Waals surface area contributed by atoms with Gasteiger partial charge in [-0.2, -0.15) is 0 Å². The quantitative estimate of drug-likeness (QED) is 0.465. The lowest BCUT2D eigenvalue weighted by Gasteiger charge is -2.07. The van der Waals surface area contributed by atoms with Crippen LogP contribution in [-0.2, 0) is 4.79 Å². The van der Waals surface area contributed by atoms with Crippen molar-refractivity contribution in [1.82, 2.24) is 5.32 Å². The van der Waals surface area contributed by atoms with Crippen LogP contribution in [0.2, 0.25) is 0 Å². The summed E-state index contributed by atoms with van der Waals surface area (Å²) in [6, 6.07) is 5.63. The number of aliphatic hydroxyl groups excluding tert-OH is 1. The van der Waals surface area contributed by atoms with Gasteiger partial charge >= 0.3 is 0 Å². The molecule has 0 aliphatic carbocycles.